The first-order chi connectivity index (χ1) is 16.7. The van der Waals surface area contributed by atoms with E-state index >= 15 is 0 Å². The molecule has 2 aromatic rings. The van der Waals surface area contributed by atoms with Crippen LogP contribution >= 0.6 is 11.3 Å². The van der Waals surface area contributed by atoms with Crippen LogP contribution in [0.25, 0.3) is 0 Å². The Kier molecular flexibility index (Phi) is 8.52. The highest BCUT2D eigenvalue weighted by atomic mass is 32.2. The zero-order valence-electron chi connectivity index (χ0n) is 20.7. The summed E-state index contributed by atoms with van der Waals surface area (Å²) in [6.07, 6.45) is 6.70. The van der Waals surface area contributed by atoms with Crippen LogP contribution < -0.4 is 0 Å². The van der Waals surface area contributed by atoms with E-state index in [0.29, 0.717) is 13.1 Å². The molecule has 35 heavy (non-hydrogen) atoms. The summed E-state index contributed by atoms with van der Waals surface area (Å²) in [7, 11) is -3.12. The van der Waals surface area contributed by atoms with Gasteiger partial charge in [0.15, 0.2) is 5.78 Å². The highest BCUT2D eigenvalue weighted by Gasteiger charge is 2.26. The number of nitrogens with zero attached hydrogens (tertiary/aromatic N) is 3. The van der Waals surface area contributed by atoms with Crippen LogP contribution in [0, 0.1) is 12.8 Å². The molecule has 0 amide bonds. The van der Waals surface area contributed by atoms with Crippen LogP contribution in [-0.4, -0.2) is 73.2 Å². The topological polar surface area (TPSA) is 87.7 Å². The second-order valence-electron chi connectivity index (χ2n) is 9.88. The predicted octanol–water partition coefficient (Wildman–Crippen LogP) is 3.30. The molecule has 2 heterocycles. The molecule has 0 unspecified atom stereocenters. The summed E-state index contributed by atoms with van der Waals surface area (Å²) in [6.45, 7) is 5.31. The normalized spacial score (nSPS) is 18.2. The molecule has 0 atom stereocenters. The molecule has 2 aliphatic rings. The number of carbonyl (C=O) groups is 2. The molecular formula is C26H35N3O4S2. The summed E-state index contributed by atoms with van der Waals surface area (Å²) in [5.74, 6) is 0.372. The van der Waals surface area contributed by atoms with Crippen molar-refractivity contribution in [2.24, 2.45) is 5.92 Å². The molecule has 1 aromatic carbocycles. The average molecular weight is 518 g/mol. The maximum absolute atomic E-state index is 13.1. The highest BCUT2D eigenvalue weighted by Crippen LogP contribution is 2.30. The largest absolute Gasteiger partial charge is 0.300 e. The Hall–Kier alpha value is -1.94. The molecular weight excluding hydrogens is 482 g/mol. The lowest BCUT2D eigenvalue weighted by Crippen LogP contribution is -2.48. The second kappa shape index (κ2) is 11.4. The molecule has 0 N–H and O–H groups in total. The van der Waals surface area contributed by atoms with Gasteiger partial charge in [0.25, 0.3) is 0 Å². The van der Waals surface area contributed by atoms with E-state index in [1.165, 1.54) is 21.9 Å². The monoisotopic (exact) mass is 517 g/mol. The van der Waals surface area contributed by atoms with Crippen molar-refractivity contribution >= 4 is 32.9 Å². The molecule has 7 nitrogen and oxygen atoms in total. The lowest BCUT2D eigenvalue weighted by molar-refractivity contribution is -0.117. The van der Waals surface area contributed by atoms with Crippen LogP contribution in [0.5, 0.6) is 0 Å². The number of rotatable bonds is 10. The molecule has 0 spiro atoms. The summed E-state index contributed by atoms with van der Waals surface area (Å²) in [6, 6.07) is 5.86. The van der Waals surface area contributed by atoms with E-state index in [9.17, 15) is 18.0 Å². The smallest absolute Gasteiger partial charge is 0.211 e. The van der Waals surface area contributed by atoms with Gasteiger partial charge >= 0.3 is 0 Å². The third-order valence-electron chi connectivity index (χ3n) is 7.08. The molecule has 1 saturated heterocycles. The third-order valence-corrected chi connectivity index (χ3v) is 9.28. The number of aromatic nitrogens is 1. The first-order valence-electron chi connectivity index (χ1n) is 12.5. The Morgan fingerprint density at radius 3 is 2.49 bits per heavy atom. The lowest BCUT2D eigenvalue weighted by Gasteiger charge is -2.33. The number of hydrogen-bond donors (Lipinski definition) is 0. The van der Waals surface area contributed by atoms with E-state index in [2.05, 4.69) is 9.88 Å². The van der Waals surface area contributed by atoms with Crippen LogP contribution in [0.3, 0.4) is 0 Å². The van der Waals surface area contributed by atoms with Gasteiger partial charge in [0.1, 0.15) is 10.8 Å². The van der Waals surface area contributed by atoms with Gasteiger partial charge < -0.3 is 4.90 Å². The fraction of sp³-hybridized carbons (Fsp3) is 0.577. The van der Waals surface area contributed by atoms with Crippen LogP contribution in [0.2, 0.25) is 0 Å². The third kappa shape index (κ3) is 7.06. The molecule has 2 fully saturated rings. The zero-order valence-corrected chi connectivity index (χ0v) is 22.3. The molecule has 190 valence electrons. The number of sulfonamides is 1. The van der Waals surface area contributed by atoms with Crippen molar-refractivity contribution < 1.29 is 18.0 Å². The Labute approximate surface area is 212 Å². The van der Waals surface area contributed by atoms with Crippen molar-refractivity contribution in [3.8, 4) is 0 Å². The predicted molar refractivity (Wildman–Crippen MR) is 139 cm³/mol. The standard InChI is InChI=1S/C26H35N3O4S2/c1-19-7-8-21(24(15-19)26(31)20-5-3-4-6-20)16-23(30)17-25-27-22(18-34-25)9-10-28-11-13-29(14-12-28)35(2,32)33/h7-8,15,18,20H,3-6,9-14,16-17H2,1-2H3. The quantitative estimate of drug-likeness (QED) is 0.450. The number of piperazine rings is 1. The lowest BCUT2D eigenvalue weighted by atomic mass is 9.90. The molecule has 1 aliphatic heterocycles. The molecule has 0 radical (unpaired) electrons. The van der Waals surface area contributed by atoms with Crippen LogP contribution in [0.15, 0.2) is 23.6 Å². The van der Waals surface area contributed by atoms with Crippen LogP contribution in [0.4, 0.5) is 0 Å². The zero-order chi connectivity index (χ0) is 25.0. The average Bonchev–Trinajstić information content (AvgIpc) is 3.50. The molecule has 1 aliphatic carbocycles. The summed E-state index contributed by atoms with van der Waals surface area (Å²) >= 11 is 1.51. The first kappa shape index (κ1) is 26.1. The van der Waals surface area contributed by atoms with Crippen LogP contribution in [-0.2, 0) is 34.1 Å². The minimum absolute atomic E-state index is 0.0760. The summed E-state index contributed by atoms with van der Waals surface area (Å²) < 4.78 is 24.8. The fourth-order valence-corrected chi connectivity index (χ4v) is 6.71. The van der Waals surface area contributed by atoms with Gasteiger partial charge in [0.05, 0.1) is 18.4 Å². The maximum Gasteiger partial charge on any atom is 0.211 e. The minimum Gasteiger partial charge on any atom is -0.300 e. The number of aryl methyl sites for hydroxylation is 1. The number of carbonyl (C=O) groups excluding carboxylic acids is 2. The molecule has 4 rings (SSSR count). The fourth-order valence-electron chi connectivity index (χ4n) is 5.03. The van der Waals surface area contributed by atoms with E-state index in [4.69, 9.17) is 0 Å². The highest BCUT2D eigenvalue weighted by molar-refractivity contribution is 7.88. The minimum atomic E-state index is -3.12. The van der Waals surface area contributed by atoms with E-state index < -0.39 is 10.0 Å². The van der Waals surface area contributed by atoms with Gasteiger partial charge in [-0.15, -0.1) is 11.3 Å². The number of benzene rings is 1. The van der Waals surface area contributed by atoms with Gasteiger partial charge in [-0.05, 0) is 31.4 Å². The summed E-state index contributed by atoms with van der Waals surface area (Å²) in [5, 5.41) is 2.82. The van der Waals surface area contributed by atoms with E-state index in [1.54, 1.807) is 0 Å². The van der Waals surface area contributed by atoms with E-state index in [-0.39, 0.29) is 30.3 Å². The number of hydrogen-bond acceptors (Lipinski definition) is 7. The van der Waals surface area contributed by atoms with Gasteiger partial charge in [0, 0.05) is 62.4 Å². The van der Waals surface area contributed by atoms with Crippen molar-refractivity contribution in [3.05, 3.63) is 51.0 Å². The van der Waals surface area contributed by atoms with Crippen LogP contribution in [0.1, 0.15) is 57.9 Å². The van der Waals surface area contributed by atoms with Crippen molar-refractivity contribution in [2.75, 3.05) is 39.0 Å². The molecule has 1 saturated carbocycles. The number of thiazole rings is 1. The molecule has 9 heteroatoms. The second-order valence-corrected chi connectivity index (χ2v) is 12.8. The van der Waals surface area contributed by atoms with Crippen molar-refractivity contribution in [2.45, 2.75) is 51.9 Å². The van der Waals surface area contributed by atoms with Gasteiger partial charge in [-0.2, -0.15) is 4.31 Å². The number of ketones is 2. The Morgan fingerprint density at radius 2 is 1.80 bits per heavy atom. The van der Waals surface area contributed by atoms with Crippen molar-refractivity contribution in [3.63, 3.8) is 0 Å². The summed E-state index contributed by atoms with van der Waals surface area (Å²) in [5.41, 5.74) is 3.57. The Balaban J connectivity index is 1.29. The number of Topliss-reactive ketones (excluding diaryl/α,β-unsaturated/α-hetero) is 2. The maximum atomic E-state index is 13.1. The van der Waals surface area contributed by atoms with Gasteiger partial charge in [0.2, 0.25) is 10.0 Å². The van der Waals surface area contributed by atoms with E-state index in [0.717, 1.165) is 79.1 Å². The van der Waals surface area contributed by atoms with Crippen molar-refractivity contribution in [1.82, 2.24) is 14.2 Å². The van der Waals surface area contributed by atoms with Crippen molar-refractivity contribution in [1.29, 1.82) is 0 Å². The Bertz CT molecular complexity index is 1160. The van der Waals surface area contributed by atoms with E-state index in [1.807, 2.05) is 30.5 Å². The molecule has 0 bridgehead atoms. The SMILES string of the molecule is Cc1ccc(CC(=O)Cc2nc(CCN3CCN(S(C)(=O)=O)CC3)cs2)c(C(=O)C2CCCC2)c1. The molecule has 1 aromatic heterocycles. The van der Waals surface area contributed by atoms with Gasteiger partial charge in [-0.1, -0.05) is 30.5 Å². The summed E-state index contributed by atoms with van der Waals surface area (Å²) in [4.78, 5) is 32.9. The Morgan fingerprint density at radius 1 is 1.09 bits per heavy atom. The first-order valence-corrected chi connectivity index (χ1v) is 15.2. The van der Waals surface area contributed by atoms with Gasteiger partial charge in [-0.25, -0.2) is 13.4 Å². The van der Waals surface area contributed by atoms with Gasteiger partial charge in [-0.3, -0.25) is 9.59 Å².